The summed E-state index contributed by atoms with van der Waals surface area (Å²) in [6.45, 7) is 1.12. The molecule has 0 unspecified atom stereocenters. The minimum absolute atomic E-state index is 0.146. The molecule has 34 heavy (non-hydrogen) atoms. The van der Waals surface area contributed by atoms with Gasteiger partial charge in [-0.1, -0.05) is 5.16 Å². The number of primary amides is 1. The van der Waals surface area contributed by atoms with Gasteiger partial charge in [0.05, 0.1) is 28.5 Å². The zero-order valence-corrected chi connectivity index (χ0v) is 19.0. The summed E-state index contributed by atoms with van der Waals surface area (Å²) in [5.74, 6) is -1.47. The Morgan fingerprint density at radius 2 is 2.09 bits per heavy atom. The second-order valence-electron chi connectivity index (χ2n) is 7.88. The minimum Gasteiger partial charge on any atom is -0.463 e. The molecule has 0 saturated heterocycles. The smallest absolute Gasteiger partial charge is 0.339 e. The highest BCUT2D eigenvalue weighted by molar-refractivity contribution is 7.17. The van der Waals surface area contributed by atoms with Crippen LogP contribution in [-0.4, -0.2) is 34.5 Å². The normalized spacial score (nSPS) is 13.0. The number of carbonyl (C=O) groups is 3. The van der Waals surface area contributed by atoms with E-state index in [1.54, 1.807) is 19.1 Å². The lowest BCUT2D eigenvalue weighted by atomic mass is 9.95. The van der Waals surface area contributed by atoms with Gasteiger partial charge in [0.1, 0.15) is 10.7 Å². The highest BCUT2D eigenvalue weighted by Gasteiger charge is 2.26. The molecule has 2 amide bonds. The molecule has 1 aliphatic carbocycles. The molecule has 10 nitrogen and oxygen atoms in total. The monoisotopic (exact) mass is 480 g/mol. The molecule has 0 bridgehead atoms. The quantitative estimate of drug-likeness (QED) is 0.397. The van der Waals surface area contributed by atoms with E-state index < -0.39 is 24.4 Å². The van der Waals surface area contributed by atoms with Gasteiger partial charge in [-0.25, -0.2) is 9.78 Å². The van der Waals surface area contributed by atoms with E-state index in [9.17, 15) is 14.4 Å². The molecule has 0 aromatic carbocycles. The maximum absolute atomic E-state index is 12.9. The van der Waals surface area contributed by atoms with Crippen LogP contribution in [0.5, 0.6) is 0 Å². The number of hydrogen-bond donors (Lipinski definition) is 2. The first-order valence-electron chi connectivity index (χ1n) is 10.6. The molecule has 3 N–H and O–H groups in total. The number of amides is 2. The van der Waals surface area contributed by atoms with Gasteiger partial charge in [0.15, 0.2) is 12.4 Å². The predicted octanol–water partition coefficient (Wildman–Crippen LogP) is 3.63. The average Bonchev–Trinajstić information content (AvgIpc) is 3.55. The lowest BCUT2D eigenvalue weighted by Gasteiger charge is -2.11. The molecule has 0 aliphatic heterocycles. The fourth-order valence-corrected chi connectivity index (χ4v) is 5.40. The van der Waals surface area contributed by atoms with E-state index >= 15 is 0 Å². The summed E-state index contributed by atoms with van der Waals surface area (Å²) >= 11 is 1.34. The van der Waals surface area contributed by atoms with E-state index in [1.807, 2.05) is 0 Å². The van der Waals surface area contributed by atoms with Gasteiger partial charge in [-0.2, -0.15) is 0 Å². The lowest BCUT2D eigenvalue weighted by Crippen LogP contribution is -2.23. The van der Waals surface area contributed by atoms with Crippen molar-refractivity contribution in [2.75, 3.05) is 11.9 Å². The summed E-state index contributed by atoms with van der Waals surface area (Å²) in [7, 11) is 0. The van der Waals surface area contributed by atoms with E-state index in [2.05, 4.69) is 15.5 Å². The molecule has 0 fully saturated rings. The van der Waals surface area contributed by atoms with Crippen molar-refractivity contribution in [3.8, 4) is 11.5 Å². The maximum atomic E-state index is 12.9. The van der Waals surface area contributed by atoms with E-state index in [4.69, 9.17) is 19.4 Å². The lowest BCUT2D eigenvalue weighted by molar-refractivity contribution is -0.119. The molecule has 5 rings (SSSR count). The number of pyridine rings is 1. The molecular weight excluding hydrogens is 460 g/mol. The SMILES string of the molecule is Cc1noc2nc(-c3ccco3)cc(C(=O)OCC(=O)Nc3sc4c(c3C(N)=O)CCCC4)c12. The number of furan rings is 1. The molecule has 4 heterocycles. The Balaban J connectivity index is 1.35. The van der Waals surface area contributed by atoms with Crippen LogP contribution in [0.3, 0.4) is 0 Å². The third-order valence-electron chi connectivity index (χ3n) is 5.62. The number of nitrogens with two attached hydrogens (primary N) is 1. The summed E-state index contributed by atoms with van der Waals surface area (Å²) in [6.07, 6.45) is 5.08. The van der Waals surface area contributed by atoms with E-state index in [1.165, 1.54) is 23.7 Å². The van der Waals surface area contributed by atoms with Crippen molar-refractivity contribution in [2.45, 2.75) is 32.6 Å². The average molecular weight is 481 g/mol. The van der Waals surface area contributed by atoms with Crippen LogP contribution in [0.1, 0.15) is 49.7 Å². The van der Waals surface area contributed by atoms with Crippen LogP contribution < -0.4 is 11.1 Å². The third kappa shape index (κ3) is 3.94. The summed E-state index contributed by atoms with van der Waals surface area (Å²) in [5, 5.41) is 7.33. The van der Waals surface area contributed by atoms with Gasteiger partial charge in [0.25, 0.3) is 17.5 Å². The highest BCUT2D eigenvalue weighted by atomic mass is 32.1. The van der Waals surface area contributed by atoms with Crippen LogP contribution in [0, 0.1) is 6.92 Å². The number of hydrogen-bond acceptors (Lipinski definition) is 9. The Morgan fingerprint density at radius 1 is 1.26 bits per heavy atom. The van der Waals surface area contributed by atoms with Crippen molar-refractivity contribution >= 4 is 45.2 Å². The number of nitrogens with one attached hydrogen (secondary N) is 1. The van der Waals surface area contributed by atoms with E-state index in [-0.39, 0.29) is 11.3 Å². The third-order valence-corrected chi connectivity index (χ3v) is 6.82. The number of rotatable bonds is 6. The maximum Gasteiger partial charge on any atom is 0.339 e. The van der Waals surface area contributed by atoms with Crippen LogP contribution >= 0.6 is 11.3 Å². The van der Waals surface area contributed by atoms with Crippen LogP contribution in [0.15, 0.2) is 33.4 Å². The van der Waals surface area contributed by atoms with Crippen LogP contribution in [0.25, 0.3) is 22.6 Å². The molecular formula is C23H20N4O6S. The Morgan fingerprint density at radius 3 is 2.85 bits per heavy atom. The summed E-state index contributed by atoms with van der Waals surface area (Å²) < 4.78 is 15.9. The predicted molar refractivity (Wildman–Crippen MR) is 123 cm³/mol. The van der Waals surface area contributed by atoms with Crippen molar-refractivity contribution in [3.63, 3.8) is 0 Å². The largest absolute Gasteiger partial charge is 0.463 e. The van der Waals surface area contributed by atoms with Crippen molar-refractivity contribution in [1.29, 1.82) is 0 Å². The number of anilines is 1. The highest BCUT2D eigenvalue weighted by Crippen LogP contribution is 2.38. The van der Waals surface area contributed by atoms with Gasteiger partial charge in [0, 0.05) is 4.88 Å². The second kappa shape index (κ2) is 8.75. The fourth-order valence-electron chi connectivity index (χ4n) is 4.09. The number of aromatic nitrogens is 2. The van der Waals surface area contributed by atoms with Gasteiger partial charge in [-0.3, -0.25) is 9.59 Å². The van der Waals surface area contributed by atoms with Crippen molar-refractivity contribution in [1.82, 2.24) is 10.1 Å². The first-order chi connectivity index (χ1) is 16.4. The molecule has 0 spiro atoms. The van der Waals surface area contributed by atoms with Crippen LogP contribution in [-0.2, 0) is 22.4 Å². The molecule has 1 aliphatic rings. The van der Waals surface area contributed by atoms with Crippen molar-refractivity contribution in [3.05, 3.63) is 51.7 Å². The van der Waals surface area contributed by atoms with Crippen molar-refractivity contribution < 1.29 is 28.1 Å². The number of aryl methyl sites for hydroxylation is 2. The number of thiophene rings is 1. The Hall–Kier alpha value is -3.99. The van der Waals surface area contributed by atoms with Gasteiger partial charge in [0.2, 0.25) is 0 Å². The Labute approximate surface area is 197 Å². The summed E-state index contributed by atoms with van der Waals surface area (Å²) in [4.78, 5) is 42.9. The zero-order valence-electron chi connectivity index (χ0n) is 18.2. The second-order valence-corrected chi connectivity index (χ2v) is 8.99. The number of ether oxygens (including phenoxy) is 1. The Kier molecular flexibility index (Phi) is 5.62. The van der Waals surface area contributed by atoms with E-state index in [0.29, 0.717) is 33.1 Å². The molecule has 4 aromatic rings. The van der Waals surface area contributed by atoms with Gasteiger partial charge < -0.3 is 24.7 Å². The van der Waals surface area contributed by atoms with Gasteiger partial charge in [-0.15, -0.1) is 11.3 Å². The first-order valence-corrected chi connectivity index (χ1v) is 11.5. The minimum atomic E-state index is -0.748. The number of carbonyl (C=O) groups excluding carboxylic acids is 3. The molecule has 0 radical (unpaired) electrons. The van der Waals surface area contributed by atoms with Crippen molar-refractivity contribution in [2.24, 2.45) is 5.73 Å². The number of fused-ring (bicyclic) bond motifs is 2. The standard InChI is InChI=1S/C23H20N4O6S/c1-11-18-13(9-14(15-6-4-8-31-15)25-21(18)33-27-11)23(30)32-10-17(28)26-22-19(20(24)29)12-5-2-3-7-16(12)34-22/h4,6,8-9H,2-3,5,7,10H2,1H3,(H2,24,29)(H,26,28). The fraction of sp³-hybridized carbons (Fsp3) is 0.261. The van der Waals surface area contributed by atoms with Gasteiger partial charge in [-0.05, 0) is 56.4 Å². The Bertz CT molecular complexity index is 1420. The van der Waals surface area contributed by atoms with E-state index in [0.717, 1.165) is 36.1 Å². The zero-order chi connectivity index (χ0) is 23.8. The molecule has 174 valence electrons. The summed E-state index contributed by atoms with van der Waals surface area (Å²) in [6, 6.07) is 4.89. The molecule has 0 atom stereocenters. The molecule has 4 aromatic heterocycles. The number of nitrogens with zero attached hydrogens (tertiary/aromatic N) is 2. The molecule has 0 saturated carbocycles. The summed E-state index contributed by atoms with van der Waals surface area (Å²) in [5.41, 5.74) is 7.94. The first kappa shape index (κ1) is 21.8. The molecule has 11 heteroatoms. The van der Waals surface area contributed by atoms with Crippen LogP contribution in [0.4, 0.5) is 5.00 Å². The van der Waals surface area contributed by atoms with Gasteiger partial charge >= 0.3 is 5.97 Å². The van der Waals surface area contributed by atoms with Crippen LogP contribution in [0.2, 0.25) is 0 Å². The topological polar surface area (TPSA) is 151 Å². The number of esters is 1.